The number of fused-ring (bicyclic) bond motifs is 1. The third-order valence-electron chi connectivity index (χ3n) is 3.78. The molecule has 0 unspecified atom stereocenters. The second-order valence-corrected chi connectivity index (χ2v) is 7.27. The fourth-order valence-corrected chi connectivity index (χ4v) is 4.63. The molecule has 19 heavy (non-hydrogen) atoms. The molecule has 0 atom stereocenters. The van der Waals surface area contributed by atoms with Gasteiger partial charge in [0.25, 0.3) is 0 Å². The van der Waals surface area contributed by atoms with Crippen LogP contribution in [0.25, 0.3) is 10.2 Å². The monoisotopic (exact) mass is 292 g/mol. The molecular weight excluding hydrogens is 272 g/mol. The highest BCUT2D eigenvalue weighted by molar-refractivity contribution is 7.99. The van der Waals surface area contributed by atoms with Crippen molar-refractivity contribution >= 4 is 33.5 Å². The molecule has 1 aliphatic carbocycles. The van der Waals surface area contributed by atoms with Gasteiger partial charge >= 0.3 is 0 Å². The lowest BCUT2D eigenvalue weighted by Crippen LogP contribution is -2.25. The summed E-state index contributed by atoms with van der Waals surface area (Å²) >= 11 is 3.53. The van der Waals surface area contributed by atoms with Gasteiger partial charge in [0.1, 0.15) is 0 Å². The van der Waals surface area contributed by atoms with Gasteiger partial charge in [-0.05, 0) is 42.8 Å². The van der Waals surface area contributed by atoms with Gasteiger partial charge in [0, 0.05) is 6.04 Å². The van der Waals surface area contributed by atoms with Crippen LogP contribution in [0.15, 0.2) is 22.5 Å². The number of aromatic nitrogens is 1. The first kappa shape index (κ1) is 13.4. The van der Waals surface area contributed by atoms with Crippen LogP contribution in [0.5, 0.6) is 0 Å². The predicted octanol–water partition coefficient (Wildman–Crippen LogP) is 4.79. The van der Waals surface area contributed by atoms with Crippen molar-refractivity contribution in [3.8, 4) is 0 Å². The molecule has 0 amide bonds. The van der Waals surface area contributed by atoms with Crippen LogP contribution in [-0.4, -0.2) is 11.0 Å². The van der Waals surface area contributed by atoms with E-state index in [1.807, 2.05) is 0 Å². The number of nitrogens with one attached hydrogen (secondary N) is 1. The molecule has 102 valence electrons. The smallest absolute Gasteiger partial charge is 0.166 e. The molecule has 1 aliphatic rings. The van der Waals surface area contributed by atoms with Crippen molar-refractivity contribution in [2.45, 2.75) is 55.8 Å². The summed E-state index contributed by atoms with van der Waals surface area (Å²) in [6.07, 6.45) is 7.84. The van der Waals surface area contributed by atoms with Crippen molar-refractivity contribution in [3.63, 3.8) is 0 Å². The summed E-state index contributed by atoms with van der Waals surface area (Å²) in [7, 11) is 0. The average molecular weight is 292 g/mol. The minimum Gasteiger partial charge on any atom is -0.255 e. The molecular formula is C15H20N2S2. The Hall–Kier alpha value is -0.580. The van der Waals surface area contributed by atoms with Crippen molar-refractivity contribution in [2.24, 2.45) is 0 Å². The molecule has 4 heteroatoms. The largest absolute Gasteiger partial charge is 0.255 e. The van der Waals surface area contributed by atoms with Crippen molar-refractivity contribution in [1.82, 2.24) is 9.71 Å². The number of thiazole rings is 1. The van der Waals surface area contributed by atoms with Crippen molar-refractivity contribution in [1.29, 1.82) is 0 Å². The zero-order valence-electron chi connectivity index (χ0n) is 11.3. The molecule has 2 aromatic rings. The third-order valence-corrected chi connectivity index (χ3v) is 5.81. The van der Waals surface area contributed by atoms with E-state index in [1.54, 1.807) is 23.3 Å². The van der Waals surface area contributed by atoms with Crippen LogP contribution in [-0.2, 0) is 6.42 Å². The van der Waals surface area contributed by atoms with Crippen molar-refractivity contribution in [3.05, 3.63) is 23.8 Å². The Morgan fingerprint density at radius 1 is 1.32 bits per heavy atom. The van der Waals surface area contributed by atoms with Gasteiger partial charge in [-0.3, -0.25) is 4.72 Å². The molecule has 0 aliphatic heterocycles. The van der Waals surface area contributed by atoms with Gasteiger partial charge < -0.3 is 0 Å². The number of hydrogen-bond donors (Lipinski definition) is 1. The predicted molar refractivity (Wildman–Crippen MR) is 84.9 cm³/mol. The number of aryl methyl sites for hydroxylation is 1. The molecule has 3 rings (SSSR count). The van der Waals surface area contributed by atoms with E-state index in [0.717, 1.165) is 10.8 Å². The average Bonchev–Trinajstić information content (AvgIpc) is 2.89. The van der Waals surface area contributed by atoms with Crippen LogP contribution in [0.1, 0.15) is 44.6 Å². The number of rotatable bonds is 4. The molecule has 1 aromatic heterocycles. The maximum absolute atomic E-state index is 4.79. The summed E-state index contributed by atoms with van der Waals surface area (Å²) < 4.78 is 6.07. The first-order valence-corrected chi connectivity index (χ1v) is 8.81. The van der Waals surface area contributed by atoms with Gasteiger partial charge in [0.15, 0.2) is 4.34 Å². The lowest BCUT2D eigenvalue weighted by molar-refractivity contribution is 0.423. The second kappa shape index (κ2) is 6.25. The summed E-state index contributed by atoms with van der Waals surface area (Å²) in [5.74, 6) is 0. The molecule has 1 aromatic carbocycles. The molecule has 0 radical (unpaired) electrons. The Morgan fingerprint density at radius 3 is 2.95 bits per heavy atom. The zero-order chi connectivity index (χ0) is 13.1. The van der Waals surface area contributed by atoms with E-state index < -0.39 is 0 Å². The summed E-state index contributed by atoms with van der Waals surface area (Å²) in [4.78, 5) is 4.79. The van der Waals surface area contributed by atoms with Crippen LogP contribution in [0.2, 0.25) is 0 Å². The molecule has 1 saturated carbocycles. The van der Waals surface area contributed by atoms with Gasteiger partial charge in [0.05, 0.1) is 10.2 Å². The lowest BCUT2D eigenvalue weighted by atomic mass is 9.96. The van der Waals surface area contributed by atoms with E-state index in [9.17, 15) is 0 Å². The first-order chi connectivity index (χ1) is 9.36. The normalized spacial score (nSPS) is 17.1. The van der Waals surface area contributed by atoms with Crippen LogP contribution in [0.3, 0.4) is 0 Å². The van der Waals surface area contributed by atoms with E-state index in [1.165, 1.54) is 47.9 Å². The van der Waals surface area contributed by atoms with Crippen LogP contribution >= 0.6 is 23.3 Å². The standard InChI is InChI=1S/C15H20N2S2/c1-2-11-7-6-10-13-14(11)16-15(18-13)19-17-12-8-4-3-5-9-12/h6-7,10,12,17H,2-5,8-9H2,1H3. The van der Waals surface area contributed by atoms with Crippen LogP contribution < -0.4 is 4.72 Å². The SMILES string of the molecule is CCc1cccc2sc(SNC3CCCCC3)nc12. The van der Waals surface area contributed by atoms with Crippen molar-refractivity contribution in [2.75, 3.05) is 0 Å². The number of benzene rings is 1. The number of nitrogens with zero attached hydrogens (tertiary/aromatic N) is 1. The summed E-state index contributed by atoms with van der Waals surface area (Å²) in [6.45, 7) is 2.20. The summed E-state index contributed by atoms with van der Waals surface area (Å²) in [6, 6.07) is 7.18. The van der Waals surface area contributed by atoms with E-state index in [-0.39, 0.29) is 0 Å². The lowest BCUT2D eigenvalue weighted by Gasteiger charge is -2.21. The van der Waals surface area contributed by atoms with Crippen LogP contribution in [0.4, 0.5) is 0 Å². The third kappa shape index (κ3) is 3.12. The Balaban J connectivity index is 1.70. The summed E-state index contributed by atoms with van der Waals surface area (Å²) in [5, 5.41) is 0. The maximum Gasteiger partial charge on any atom is 0.166 e. The van der Waals surface area contributed by atoms with Gasteiger partial charge in [0.2, 0.25) is 0 Å². The van der Waals surface area contributed by atoms with E-state index in [4.69, 9.17) is 4.98 Å². The molecule has 0 bridgehead atoms. The highest BCUT2D eigenvalue weighted by Gasteiger charge is 2.14. The number of para-hydroxylation sites is 1. The van der Waals surface area contributed by atoms with Gasteiger partial charge in [-0.15, -0.1) is 11.3 Å². The molecule has 2 nitrogen and oxygen atoms in total. The quantitative estimate of drug-likeness (QED) is 0.820. The van der Waals surface area contributed by atoms with Gasteiger partial charge in [-0.1, -0.05) is 38.3 Å². The van der Waals surface area contributed by atoms with E-state index in [0.29, 0.717) is 6.04 Å². The highest BCUT2D eigenvalue weighted by atomic mass is 32.2. The van der Waals surface area contributed by atoms with Gasteiger partial charge in [-0.25, -0.2) is 4.98 Å². The molecule has 1 N–H and O–H groups in total. The van der Waals surface area contributed by atoms with E-state index in [2.05, 4.69) is 29.8 Å². The fraction of sp³-hybridized carbons (Fsp3) is 0.533. The first-order valence-electron chi connectivity index (χ1n) is 7.17. The van der Waals surface area contributed by atoms with Crippen molar-refractivity contribution < 1.29 is 0 Å². The Bertz CT molecular complexity index is 544. The summed E-state index contributed by atoms with van der Waals surface area (Å²) in [5.41, 5.74) is 2.56. The fourth-order valence-electron chi connectivity index (χ4n) is 2.67. The minimum absolute atomic E-state index is 0.677. The Kier molecular flexibility index (Phi) is 4.41. The second-order valence-electron chi connectivity index (χ2n) is 5.15. The Morgan fingerprint density at radius 2 is 2.16 bits per heavy atom. The maximum atomic E-state index is 4.79. The van der Waals surface area contributed by atoms with E-state index >= 15 is 0 Å². The number of hydrogen-bond acceptors (Lipinski definition) is 4. The molecule has 1 fully saturated rings. The molecule has 0 saturated heterocycles. The van der Waals surface area contributed by atoms with Gasteiger partial charge in [-0.2, -0.15) is 0 Å². The highest BCUT2D eigenvalue weighted by Crippen LogP contribution is 2.31. The zero-order valence-corrected chi connectivity index (χ0v) is 12.9. The molecule has 1 heterocycles. The topological polar surface area (TPSA) is 24.9 Å². The minimum atomic E-state index is 0.677. The molecule has 0 spiro atoms. The van der Waals surface area contributed by atoms with Crippen LogP contribution in [0, 0.1) is 0 Å². The Labute approximate surface area is 123 Å².